The fourth-order valence-electron chi connectivity index (χ4n) is 6.69. The van der Waals surface area contributed by atoms with Crippen LogP contribution < -0.4 is 0 Å². The summed E-state index contributed by atoms with van der Waals surface area (Å²) in [6.07, 6.45) is 9.20. The van der Waals surface area contributed by atoms with Crippen LogP contribution in [-0.4, -0.2) is 47.3 Å². The molecular weight excluding hydrogens is 300 g/mol. The molecule has 5 aliphatic rings. The lowest BCUT2D eigenvalue weighted by Crippen LogP contribution is -2.57. The zero-order valence-corrected chi connectivity index (χ0v) is 15.3. The quantitative estimate of drug-likeness (QED) is 0.794. The molecule has 5 fully saturated rings. The third-order valence-electron chi connectivity index (χ3n) is 7.37. The molecule has 4 aliphatic carbocycles. The normalized spacial score (nSPS) is 40.2. The summed E-state index contributed by atoms with van der Waals surface area (Å²) >= 11 is 0. The highest BCUT2D eigenvalue weighted by Crippen LogP contribution is 2.60. The molecule has 4 saturated carbocycles. The minimum Gasteiger partial charge on any atom is -0.341 e. The molecule has 1 heterocycles. The van der Waals surface area contributed by atoms with E-state index in [1.807, 2.05) is 23.6 Å². The molecule has 0 aromatic rings. The minimum absolute atomic E-state index is 0.110. The first-order chi connectivity index (χ1) is 11.6. The maximum absolute atomic E-state index is 13.6. The summed E-state index contributed by atoms with van der Waals surface area (Å²) in [4.78, 5) is 30.3. The van der Waals surface area contributed by atoms with Gasteiger partial charge in [-0.05, 0) is 83.0 Å². The maximum atomic E-state index is 13.6. The van der Waals surface area contributed by atoms with Gasteiger partial charge < -0.3 is 9.80 Å². The van der Waals surface area contributed by atoms with Crippen LogP contribution >= 0.6 is 0 Å². The van der Waals surface area contributed by atoms with E-state index in [1.54, 1.807) is 0 Å². The SMILES string of the molecule is CCN(CC)C(=O)C1CCCN1C(=O)C12CC3CC(CC(C3)C1)C2. The molecule has 5 rings (SSSR count). The molecule has 4 bridgehead atoms. The minimum atomic E-state index is -0.189. The monoisotopic (exact) mass is 332 g/mol. The van der Waals surface area contributed by atoms with Crippen molar-refractivity contribution in [1.82, 2.24) is 9.80 Å². The summed E-state index contributed by atoms with van der Waals surface area (Å²) in [5.74, 6) is 2.85. The Morgan fingerprint density at radius 2 is 1.54 bits per heavy atom. The molecular formula is C20H32N2O2. The summed E-state index contributed by atoms with van der Waals surface area (Å²) in [5, 5.41) is 0. The predicted molar refractivity (Wildman–Crippen MR) is 93.3 cm³/mol. The number of likely N-dealkylation sites (tertiary alicyclic amines) is 1. The topological polar surface area (TPSA) is 40.6 Å². The van der Waals surface area contributed by atoms with E-state index >= 15 is 0 Å². The van der Waals surface area contributed by atoms with E-state index in [1.165, 1.54) is 19.3 Å². The lowest BCUT2D eigenvalue weighted by Gasteiger charge is -2.56. The molecule has 2 amide bonds. The van der Waals surface area contributed by atoms with Gasteiger partial charge in [-0.15, -0.1) is 0 Å². The van der Waals surface area contributed by atoms with Gasteiger partial charge >= 0.3 is 0 Å². The predicted octanol–water partition coefficient (Wildman–Crippen LogP) is 3.06. The van der Waals surface area contributed by atoms with E-state index in [-0.39, 0.29) is 17.4 Å². The lowest BCUT2D eigenvalue weighted by molar-refractivity contribution is -0.162. The Kier molecular flexibility index (Phi) is 4.12. The van der Waals surface area contributed by atoms with Crippen LogP contribution in [-0.2, 0) is 9.59 Å². The van der Waals surface area contributed by atoms with Gasteiger partial charge in [-0.2, -0.15) is 0 Å². The van der Waals surface area contributed by atoms with E-state index in [4.69, 9.17) is 0 Å². The lowest BCUT2D eigenvalue weighted by atomic mass is 9.49. The van der Waals surface area contributed by atoms with Crippen molar-refractivity contribution in [2.75, 3.05) is 19.6 Å². The number of amides is 2. The van der Waals surface area contributed by atoms with E-state index in [2.05, 4.69) is 0 Å². The van der Waals surface area contributed by atoms with Crippen LogP contribution in [0.3, 0.4) is 0 Å². The molecule has 1 aliphatic heterocycles. The molecule has 0 aromatic carbocycles. The van der Waals surface area contributed by atoms with Gasteiger partial charge in [0.15, 0.2) is 0 Å². The third kappa shape index (κ3) is 2.48. The van der Waals surface area contributed by atoms with E-state index in [0.29, 0.717) is 5.91 Å². The second kappa shape index (κ2) is 6.03. The third-order valence-corrected chi connectivity index (χ3v) is 7.37. The molecule has 4 heteroatoms. The first-order valence-corrected chi connectivity index (χ1v) is 10.2. The zero-order valence-electron chi connectivity index (χ0n) is 15.3. The highest BCUT2D eigenvalue weighted by Gasteiger charge is 2.56. The van der Waals surface area contributed by atoms with Gasteiger partial charge in [0.2, 0.25) is 11.8 Å². The van der Waals surface area contributed by atoms with Crippen molar-refractivity contribution in [3.63, 3.8) is 0 Å². The van der Waals surface area contributed by atoms with Crippen LogP contribution in [0.1, 0.15) is 65.2 Å². The zero-order chi connectivity index (χ0) is 16.9. The Labute approximate surface area is 145 Å². The number of hydrogen-bond donors (Lipinski definition) is 0. The number of hydrogen-bond acceptors (Lipinski definition) is 2. The smallest absolute Gasteiger partial charge is 0.245 e. The van der Waals surface area contributed by atoms with Gasteiger partial charge in [0, 0.05) is 19.6 Å². The number of likely N-dealkylation sites (N-methyl/N-ethyl adjacent to an activating group) is 1. The van der Waals surface area contributed by atoms with Crippen molar-refractivity contribution in [3.05, 3.63) is 0 Å². The number of carbonyl (C=O) groups is 2. The maximum Gasteiger partial charge on any atom is 0.245 e. The van der Waals surface area contributed by atoms with Crippen molar-refractivity contribution in [1.29, 1.82) is 0 Å². The fourth-order valence-corrected chi connectivity index (χ4v) is 6.69. The summed E-state index contributed by atoms with van der Waals surface area (Å²) < 4.78 is 0. The van der Waals surface area contributed by atoms with Gasteiger partial charge in [-0.3, -0.25) is 9.59 Å². The molecule has 1 atom stereocenters. The second-order valence-corrected chi connectivity index (χ2v) is 8.86. The van der Waals surface area contributed by atoms with Gasteiger partial charge in [-0.1, -0.05) is 0 Å². The standard InChI is InChI=1S/C20H32N2O2/c1-3-21(4-2)18(23)17-6-5-7-22(17)19(24)20-11-14-8-15(12-20)10-16(9-14)13-20/h14-17H,3-13H2,1-2H3. The van der Waals surface area contributed by atoms with Crippen LogP contribution in [0.15, 0.2) is 0 Å². The summed E-state index contributed by atoms with van der Waals surface area (Å²) in [6, 6.07) is -0.189. The van der Waals surface area contributed by atoms with Crippen LogP contribution in [0.25, 0.3) is 0 Å². The molecule has 4 nitrogen and oxygen atoms in total. The molecule has 1 saturated heterocycles. The van der Waals surface area contributed by atoms with Crippen molar-refractivity contribution >= 4 is 11.8 Å². The number of rotatable bonds is 4. The van der Waals surface area contributed by atoms with Crippen molar-refractivity contribution < 1.29 is 9.59 Å². The number of carbonyl (C=O) groups excluding carboxylic acids is 2. The van der Waals surface area contributed by atoms with Crippen LogP contribution in [0, 0.1) is 23.2 Å². The Bertz CT molecular complexity index is 490. The van der Waals surface area contributed by atoms with E-state index in [0.717, 1.165) is 69.5 Å². The van der Waals surface area contributed by atoms with Gasteiger partial charge in [0.1, 0.15) is 6.04 Å². The Balaban J connectivity index is 1.54. The van der Waals surface area contributed by atoms with Crippen molar-refractivity contribution in [2.45, 2.75) is 71.3 Å². The molecule has 1 unspecified atom stereocenters. The average molecular weight is 332 g/mol. The summed E-state index contributed by atoms with van der Waals surface area (Å²) in [5.41, 5.74) is -0.110. The van der Waals surface area contributed by atoms with Crippen molar-refractivity contribution in [2.24, 2.45) is 23.2 Å². The summed E-state index contributed by atoms with van der Waals surface area (Å²) in [7, 11) is 0. The van der Waals surface area contributed by atoms with E-state index < -0.39 is 0 Å². The van der Waals surface area contributed by atoms with Gasteiger partial charge in [0.05, 0.1) is 5.41 Å². The fraction of sp³-hybridized carbons (Fsp3) is 0.900. The average Bonchev–Trinajstić information content (AvgIpc) is 3.03. The molecule has 134 valence electrons. The largest absolute Gasteiger partial charge is 0.341 e. The van der Waals surface area contributed by atoms with Crippen LogP contribution in [0.4, 0.5) is 0 Å². The Morgan fingerprint density at radius 3 is 2.04 bits per heavy atom. The molecule has 0 spiro atoms. The van der Waals surface area contributed by atoms with Gasteiger partial charge in [0.25, 0.3) is 0 Å². The highest BCUT2D eigenvalue weighted by atomic mass is 16.2. The van der Waals surface area contributed by atoms with Gasteiger partial charge in [-0.25, -0.2) is 0 Å². The first kappa shape index (κ1) is 16.4. The molecule has 24 heavy (non-hydrogen) atoms. The summed E-state index contributed by atoms with van der Waals surface area (Å²) in [6.45, 7) is 6.33. The van der Waals surface area contributed by atoms with E-state index in [9.17, 15) is 9.59 Å². The first-order valence-electron chi connectivity index (χ1n) is 10.2. The molecule has 0 N–H and O–H groups in total. The number of nitrogens with zero attached hydrogens (tertiary/aromatic N) is 2. The Hall–Kier alpha value is -1.06. The molecule has 0 radical (unpaired) electrons. The van der Waals surface area contributed by atoms with Crippen LogP contribution in [0.5, 0.6) is 0 Å². The Morgan fingerprint density at radius 1 is 1.00 bits per heavy atom. The van der Waals surface area contributed by atoms with Crippen molar-refractivity contribution in [3.8, 4) is 0 Å². The second-order valence-electron chi connectivity index (χ2n) is 8.86. The highest BCUT2D eigenvalue weighted by molar-refractivity contribution is 5.91. The van der Waals surface area contributed by atoms with Crippen LogP contribution in [0.2, 0.25) is 0 Å². The molecule has 0 aromatic heterocycles.